The van der Waals surface area contributed by atoms with Crippen LogP contribution in [0.5, 0.6) is 0 Å². The number of ketones is 1. The molecule has 4 N–H and O–H groups in total. The maximum Gasteiger partial charge on any atom is 0.313 e. The third-order valence-electron chi connectivity index (χ3n) is 7.55. The van der Waals surface area contributed by atoms with Crippen molar-refractivity contribution in [1.29, 1.82) is 0 Å². The van der Waals surface area contributed by atoms with Gasteiger partial charge in [0.2, 0.25) is 0 Å². The molecule has 0 rings (SSSR count). The molecule has 0 spiro atoms. The molecule has 0 heterocycles. The average Bonchev–Trinajstić information content (AvgIpc) is 2.93. The molecule has 0 fully saturated rings. The van der Waals surface area contributed by atoms with Gasteiger partial charge in [0, 0.05) is 6.42 Å². The minimum absolute atomic E-state index is 0.187. The van der Waals surface area contributed by atoms with Crippen molar-refractivity contribution in [2.24, 2.45) is 17.8 Å². The molecular formula is C33H62O9. The third kappa shape index (κ3) is 23.1. The van der Waals surface area contributed by atoms with E-state index in [1.165, 1.54) is 50.5 Å². The number of aliphatic hydroxyl groups is 4. The van der Waals surface area contributed by atoms with E-state index in [4.69, 9.17) is 34.6 Å². The molecule has 0 aliphatic rings. The van der Waals surface area contributed by atoms with Crippen molar-refractivity contribution >= 4 is 11.8 Å². The Hall–Kier alpha value is -1.36. The molecular weight excluding hydrogens is 540 g/mol. The fourth-order valence-electron chi connectivity index (χ4n) is 4.70. The summed E-state index contributed by atoms with van der Waals surface area (Å²) in [5.74, 6) is 1.39. The maximum absolute atomic E-state index is 12.3. The molecule has 0 radical (unpaired) electrons. The SMILES string of the molecule is C/C(=C\CCC(=O)CC(=O)OC(COC(CO)CO)COC(CO)CO)CCCC(C)CCCC(C)CCCC(C)C. The van der Waals surface area contributed by atoms with Crippen LogP contribution in [0.4, 0.5) is 0 Å². The van der Waals surface area contributed by atoms with Crippen LogP contribution >= 0.6 is 0 Å². The molecule has 0 bridgehead atoms. The molecule has 0 amide bonds. The number of esters is 1. The Labute approximate surface area is 255 Å². The Kier molecular flexibility index (Phi) is 25.2. The van der Waals surface area contributed by atoms with Crippen molar-refractivity contribution in [1.82, 2.24) is 0 Å². The number of rotatable bonds is 28. The van der Waals surface area contributed by atoms with Crippen LogP contribution < -0.4 is 0 Å². The summed E-state index contributed by atoms with van der Waals surface area (Å²) in [6, 6.07) is 0. The largest absolute Gasteiger partial charge is 0.457 e. The number of carbonyl (C=O) groups excluding carboxylic acids is 2. The summed E-state index contributed by atoms with van der Waals surface area (Å²) in [5.41, 5.74) is 1.26. The lowest BCUT2D eigenvalue weighted by Crippen LogP contribution is -2.35. The Bertz CT molecular complexity index is 686. The third-order valence-corrected chi connectivity index (χ3v) is 7.55. The van der Waals surface area contributed by atoms with Crippen LogP contribution in [-0.2, 0) is 23.8 Å². The Balaban J connectivity index is 4.32. The normalized spacial score (nSPS) is 13.9. The van der Waals surface area contributed by atoms with Gasteiger partial charge in [-0.15, -0.1) is 0 Å². The maximum atomic E-state index is 12.3. The van der Waals surface area contributed by atoms with Crippen molar-refractivity contribution in [2.45, 2.75) is 130 Å². The lowest BCUT2D eigenvalue weighted by Gasteiger charge is -2.22. The quantitative estimate of drug-likeness (QED) is 0.0566. The van der Waals surface area contributed by atoms with Crippen LogP contribution in [-0.4, -0.2) is 90.1 Å². The second-order valence-corrected chi connectivity index (χ2v) is 12.4. The number of hydrogen-bond donors (Lipinski definition) is 4. The first-order valence-corrected chi connectivity index (χ1v) is 16.1. The van der Waals surface area contributed by atoms with Gasteiger partial charge in [0.05, 0.1) is 39.6 Å². The van der Waals surface area contributed by atoms with E-state index in [0.717, 1.165) is 30.6 Å². The second-order valence-electron chi connectivity index (χ2n) is 12.4. The molecule has 0 saturated carbocycles. The van der Waals surface area contributed by atoms with Gasteiger partial charge in [0.25, 0.3) is 0 Å². The van der Waals surface area contributed by atoms with Crippen molar-refractivity contribution in [3.8, 4) is 0 Å². The van der Waals surface area contributed by atoms with Gasteiger partial charge in [-0.3, -0.25) is 9.59 Å². The van der Waals surface area contributed by atoms with Gasteiger partial charge in [0.1, 0.15) is 30.5 Å². The molecule has 0 aromatic heterocycles. The van der Waals surface area contributed by atoms with E-state index in [1.54, 1.807) is 0 Å². The summed E-state index contributed by atoms with van der Waals surface area (Å²) in [7, 11) is 0. The van der Waals surface area contributed by atoms with Crippen molar-refractivity contribution in [3.05, 3.63) is 11.6 Å². The number of allylic oxidation sites excluding steroid dienone is 2. The van der Waals surface area contributed by atoms with E-state index in [-0.39, 0.29) is 31.8 Å². The van der Waals surface area contributed by atoms with Gasteiger partial charge < -0.3 is 34.6 Å². The van der Waals surface area contributed by atoms with Gasteiger partial charge in [-0.05, 0) is 43.9 Å². The molecule has 9 nitrogen and oxygen atoms in total. The van der Waals surface area contributed by atoms with E-state index in [9.17, 15) is 9.59 Å². The predicted molar refractivity (Wildman–Crippen MR) is 165 cm³/mol. The fourth-order valence-corrected chi connectivity index (χ4v) is 4.70. The number of hydrogen-bond acceptors (Lipinski definition) is 9. The van der Waals surface area contributed by atoms with E-state index < -0.39 is 50.7 Å². The molecule has 0 aromatic carbocycles. The first-order valence-electron chi connectivity index (χ1n) is 16.1. The zero-order valence-corrected chi connectivity index (χ0v) is 27.1. The minimum atomic E-state index is -0.936. The van der Waals surface area contributed by atoms with Gasteiger partial charge in [-0.25, -0.2) is 0 Å². The molecule has 248 valence electrons. The van der Waals surface area contributed by atoms with Crippen molar-refractivity contribution < 1.29 is 44.2 Å². The van der Waals surface area contributed by atoms with Crippen LogP contribution in [0.3, 0.4) is 0 Å². The highest BCUT2D eigenvalue weighted by Crippen LogP contribution is 2.22. The van der Waals surface area contributed by atoms with Crippen molar-refractivity contribution in [2.75, 3.05) is 39.6 Å². The zero-order chi connectivity index (χ0) is 31.8. The molecule has 2 atom stereocenters. The number of ether oxygens (including phenoxy) is 3. The molecule has 42 heavy (non-hydrogen) atoms. The number of Topliss-reactive ketones (excluding diaryl/α,β-unsaturated/α-hetero) is 1. The Morgan fingerprint density at radius 1 is 0.667 bits per heavy atom. The van der Waals surface area contributed by atoms with Crippen molar-refractivity contribution in [3.63, 3.8) is 0 Å². The van der Waals surface area contributed by atoms with E-state index >= 15 is 0 Å². The van der Waals surface area contributed by atoms with E-state index in [2.05, 4.69) is 40.7 Å². The highest BCUT2D eigenvalue weighted by atomic mass is 16.6. The lowest BCUT2D eigenvalue weighted by atomic mass is 9.91. The number of aliphatic hydroxyl groups excluding tert-OH is 4. The second kappa shape index (κ2) is 26.1. The van der Waals surface area contributed by atoms with Crippen LogP contribution in [0.2, 0.25) is 0 Å². The Morgan fingerprint density at radius 2 is 1.14 bits per heavy atom. The van der Waals surface area contributed by atoms with Crippen LogP contribution in [0.25, 0.3) is 0 Å². The standard InChI is InChI=1S/C33H62O9/c1-25(2)10-6-11-26(3)12-7-13-27(4)14-8-15-28(5)16-9-17-29(38)18-33(39)42-32(23-40-30(19-34)20-35)24-41-31(21-36)22-37/h16,25-27,30-32,34-37H,6-15,17-24H2,1-5H3/b28-16+. The zero-order valence-electron chi connectivity index (χ0n) is 27.1. The van der Waals surface area contributed by atoms with Gasteiger partial charge in [-0.2, -0.15) is 0 Å². The summed E-state index contributed by atoms with van der Waals surface area (Å²) in [5, 5.41) is 36.7. The Morgan fingerprint density at radius 3 is 1.62 bits per heavy atom. The monoisotopic (exact) mass is 602 g/mol. The summed E-state index contributed by atoms with van der Waals surface area (Å²) in [6.07, 6.45) is 11.2. The molecule has 0 aliphatic heterocycles. The lowest BCUT2D eigenvalue weighted by molar-refractivity contribution is -0.163. The first kappa shape index (κ1) is 40.6. The summed E-state index contributed by atoms with van der Waals surface area (Å²) < 4.78 is 16.0. The fraction of sp³-hybridized carbons (Fsp3) is 0.879. The van der Waals surface area contributed by atoms with Crippen LogP contribution in [0.1, 0.15) is 112 Å². The van der Waals surface area contributed by atoms with E-state index in [1.807, 2.05) is 0 Å². The average molecular weight is 603 g/mol. The highest BCUT2D eigenvalue weighted by Gasteiger charge is 2.21. The summed E-state index contributed by atoms with van der Waals surface area (Å²) in [4.78, 5) is 24.7. The summed E-state index contributed by atoms with van der Waals surface area (Å²) >= 11 is 0. The topological polar surface area (TPSA) is 143 Å². The van der Waals surface area contributed by atoms with Crippen LogP contribution in [0, 0.1) is 17.8 Å². The molecule has 9 heteroatoms. The molecule has 0 saturated heterocycles. The van der Waals surface area contributed by atoms with Gasteiger partial charge in [0.15, 0.2) is 0 Å². The first-order chi connectivity index (χ1) is 20.0. The molecule has 2 unspecified atom stereocenters. The van der Waals surface area contributed by atoms with Gasteiger partial charge in [-0.1, -0.05) is 84.3 Å². The van der Waals surface area contributed by atoms with Gasteiger partial charge >= 0.3 is 5.97 Å². The highest BCUT2D eigenvalue weighted by molar-refractivity contribution is 5.95. The number of carbonyl (C=O) groups is 2. The summed E-state index contributed by atoms with van der Waals surface area (Å²) in [6.45, 7) is 9.35. The van der Waals surface area contributed by atoms with E-state index in [0.29, 0.717) is 6.42 Å². The molecule has 0 aromatic rings. The molecule has 0 aliphatic carbocycles. The van der Waals surface area contributed by atoms with Crippen LogP contribution in [0.15, 0.2) is 11.6 Å². The smallest absolute Gasteiger partial charge is 0.313 e. The minimum Gasteiger partial charge on any atom is -0.457 e. The predicted octanol–water partition coefficient (Wildman–Crippen LogP) is 4.76.